The summed E-state index contributed by atoms with van der Waals surface area (Å²) in [6, 6.07) is 10.4. The second-order valence-corrected chi connectivity index (χ2v) is 7.22. The van der Waals surface area contributed by atoms with Crippen LogP contribution in [-0.2, 0) is 4.79 Å². The number of rotatable bonds is 7. The molecule has 0 N–H and O–H groups in total. The Morgan fingerprint density at radius 2 is 1.90 bits per heavy atom. The lowest BCUT2D eigenvalue weighted by atomic mass is 10.1. The molecule has 0 spiro atoms. The van der Waals surface area contributed by atoms with Crippen LogP contribution in [0.2, 0.25) is 0 Å². The minimum Gasteiger partial charge on any atom is -0.494 e. The third-order valence-electron chi connectivity index (χ3n) is 4.95. The van der Waals surface area contributed by atoms with Gasteiger partial charge in [0.2, 0.25) is 17.6 Å². The van der Waals surface area contributed by atoms with Crippen LogP contribution < -0.4 is 9.64 Å². The summed E-state index contributed by atoms with van der Waals surface area (Å²) in [5.41, 5.74) is 0.944. The first-order valence-electron chi connectivity index (χ1n) is 9.87. The molecule has 156 valence electrons. The first-order valence-corrected chi connectivity index (χ1v) is 9.87. The zero-order valence-electron chi connectivity index (χ0n) is 16.5. The van der Waals surface area contributed by atoms with Gasteiger partial charge in [-0.05, 0) is 42.8 Å². The van der Waals surface area contributed by atoms with E-state index in [0.29, 0.717) is 18.3 Å². The molecule has 4 rings (SSSR count). The minimum absolute atomic E-state index is 0.129. The third-order valence-corrected chi connectivity index (χ3v) is 4.95. The van der Waals surface area contributed by atoms with Gasteiger partial charge in [-0.1, -0.05) is 18.5 Å². The van der Waals surface area contributed by atoms with E-state index in [0.717, 1.165) is 42.4 Å². The number of hydrogen-bond acceptors (Lipinski definition) is 5. The SMILES string of the molecule is CCCCOc1ccc(-c2noc(C3CC(=O)N(c4cc(F)cc(F)c4)C3)n2)cc1. The molecule has 1 aromatic heterocycles. The molecule has 2 aromatic carbocycles. The number of carbonyl (C=O) groups is 1. The fourth-order valence-corrected chi connectivity index (χ4v) is 3.37. The molecule has 2 heterocycles. The lowest BCUT2D eigenvalue weighted by Gasteiger charge is -2.16. The fraction of sp³-hybridized carbons (Fsp3) is 0.318. The third kappa shape index (κ3) is 4.32. The van der Waals surface area contributed by atoms with E-state index >= 15 is 0 Å². The average Bonchev–Trinajstić information content (AvgIpc) is 3.35. The van der Waals surface area contributed by atoms with Crippen LogP contribution in [-0.4, -0.2) is 29.2 Å². The zero-order valence-corrected chi connectivity index (χ0v) is 16.5. The van der Waals surface area contributed by atoms with Crippen molar-refractivity contribution in [3.05, 3.63) is 60.0 Å². The molecule has 0 saturated carbocycles. The van der Waals surface area contributed by atoms with Crippen molar-refractivity contribution < 1.29 is 22.8 Å². The number of halogens is 2. The number of nitrogens with zero attached hydrogens (tertiary/aromatic N) is 3. The van der Waals surface area contributed by atoms with Crippen LogP contribution in [0.3, 0.4) is 0 Å². The number of anilines is 1. The van der Waals surface area contributed by atoms with Crippen LogP contribution in [0.1, 0.15) is 38.0 Å². The minimum atomic E-state index is -0.733. The molecule has 6 nitrogen and oxygen atoms in total. The van der Waals surface area contributed by atoms with E-state index in [4.69, 9.17) is 9.26 Å². The monoisotopic (exact) mass is 413 g/mol. The number of benzene rings is 2. The van der Waals surface area contributed by atoms with E-state index in [1.807, 2.05) is 24.3 Å². The highest BCUT2D eigenvalue weighted by atomic mass is 19.1. The summed E-state index contributed by atoms with van der Waals surface area (Å²) in [5.74, 6) is -0.559. The predicted octanol–water partition coefficient (Wildman–Crippen LogP) is 4.71. The van der Waals surface area contributed by atoms with E-state index in [1.54, 1.807) is 0 Å². The van der Waals surface area contributed by atoms with Crippen LogP contribution in [0.15, 0.2) is 47.0 Å². The van der Waals surface area contributed by atoms with Crippen molar-refractivity contribution in [2.75, 3.05) is 18.1 Å². The molecule has 1 unspecified atom stereocenters. The Balaban J connectivity index is 1.46. The topological polar surface area (TPSA) is 68.5 Å². The van der Waals surface area contributed by atoms with Crippen molar-refractivity contribution in [1.82, 2.24) is 10.1 Å². The maximum absolute atomic E-state index is 13.5. The van der Waals surface area contributed by atoms with Gasteiger partial charge in [0.1, 0.15) is 17.4 Å². The first-order chi connectivity index (χ1) is 14.5. The van der Waals surface area contributed by atoms with Crippen molar-refractivity contribution in [3.63, 3.8) is 0 Å². The van der Waals surface area contributed by atoms with Crippen molar-refractivity contribution >= 4 is 11.6 Å². The molecule has 1 fully saturated rings. The highest BCUT2D eigenvalue weighted by molar-refractivity contribution is 5.96. The van der Waals surface area contributed by atoms with Crippen LogP contribution >= 0.6 is 0 Å². The van der Waals surface area contributed by atoms with Gasteiger partial charge in [-0.25, -0.2) is 8.78 Å². The molecule has 8 heteroatoms. The van der Waals surface area contributed by atoms with Crippen LogP contribution in [0, 0.1) is 11.6 Å². The molecule has 0 bridgehead atoms. The molecule has 3 aromatic rings. The largest absolute Gasteiger partial charge is 0.494 e. The van der Waals surface area contributed by atoms with Gasteiger partial charge in [-0.3, -0.25) is 4.79 Å². The maximum Gasteiger partial charge on any atom is 0.232 e. The highest BCUT2D eigenvalue weighted by Gasteiger charge is 2.35. The molecule has 0 radical (unpaired) electrons. The van der Waals surface area contributed by atoms with E-state index < -0.39 is 11.6 Å². The lowest BCUT2D eigenvalue weighted by molar-refractivity contribution is -0.117. The Hall–Kier alpha value is -3.29. The smallest absolute Gasteiger partial charge is 0.232 e. The quantitative estimate of drug-likeness (QED) is 0.525. The van der Waals surface area contributed by atoms with Gasteiger partial charge < -0.3 is 14.2 Å². The Kier molecular flexibility index (Phi) is 5.74. The summed E-state index contributed by atoms with van der Waals surface area (Å²) in [5, 5.41) is 4.01. The number of hydrogen-bond donors (Lipinski definition) is 0. The molecule has 30 heavy (non-hydrogen) atoms. The van der Waals surface area contributed by atoms with Gasteiger partial charge in [0.05, 0.1) is 12.5 Å². The molecule has 1 atom stereocenters. The van der Waals surface area contributed by atoms with Crippen LogP contribution in [0.5, 0.6) is 5.75 Å². The number of aromatic nitrogens is 2. The van der Waals surface area contributed by atoms with Crippen molar-refractivity contribution in [2.24, 2.45) is 0 Å². The summed E-state index contributed by atoms with van der Waals surface area (Å²) in [6.07, 6.45) is 2.19. The zero-order chi connectivity index (χ0) is 21.1. The fourth-order valence-electron chi connectivity index (χ4n) is 3.37. The van der Waals surface area contributed by atoms with Gasteiger partial charge in [-0.2, -0.15) is 4.98 Å². The van der Waals surface area contributed by atoms with E-state index in [1.165, 1.54) is 4.90 Å². The van der Waals surface area contributed by atoms with Crippen molar-refractivity contribution in [1.29, 1.82) is 0 Å². The molecule has 0 aliphatic carbocycles. The van der Waals surface area contributed by atoms with Crippen molar-refractivity contribution in [2.45, 2.75) is 32.1 Å². The summed E-state index contributed by atoms with van der Waals surface area (Å²) in [7, 11) is 0. The first kappa shape index (κ1) is 20.0. The number of ether oxygens (including phenoxy) is 1. The van der Waals surface area contributed by atoms with Gasteiger partial charge in [0, 0.05) is 30.3 Å². The standard InChI is InChI=1S/C22H21F2N3O3/c1-2-3-8-29-19-6-4-14(5-7-19)21-25-22(30-26-21)15-9-20(28)27(13-15)18-11-16(23)10-17(24)12-18/h4-7,10-12,15H,2-3,8-9,13H2,1H3. The van der Waals surface area contributed by atoms with E-state index in [2.05, 4.69) is 17.1 Å². The van der Waals surface area contributed by atoms with Crippen LogP contribution in [0.4, 0.5) is 14.5 Å². The number of amides is 1. The Morgan fingerprint density at radius 1 is 1.17 bits per heavy atom. The average molecular weight is 413 g/mol. The molecular weight excluding hydrogens is 392 g/mol. The van der Waals surface area contributed by atoms with Gasteiger partial charge in [0.25, 0.3) is 0 Å². The van der Waals surface area contributed by atoms with Gasteiger partial charge in [-0.15, -0.1) is 0 Å². The second-order valence-electron chi connectivity index (χ2n) is 7.22. The van der Waals surface area contributed by atoms with E-state index in [9.17, 15) is 13.6 Å². The lowest BCUT2D eigenvalue weighted by Crippen LogP contribution is -2.24. The second kappa shape index (κ2) is 8.61. The van der Waals surface area contributed by atoms with Gasteiger partial charge >= 0.3 is 0 Å². The Bertz CT molecular complexity index is 1020. The van der Waals surface area contributed by atoms with Crippen LogP contribution in [0.25, 0.3) is 11.4 Å². The number of unbranched alkanes of at least 4 members (excludes halogenated alkanes) is 1. The highest BCUT2D eigenvalue weighted by Crippen LogP contribution is 2.32. The van der Waals surface area contributed by atoms with E-state index in [-0.39, 0.29) is 30.5 Å². The summed E-state index contributed by atoms with van der Waals surface area (Å²) in [4.78, 5) is 18.1. The summed E-state index contributed by atoms with van der Waals surface area (Å²) >= 11 is 0. The Labute approximate surface area is 172 Å². The molecule has 1 saturated heterocycles. The molecule has 1 aliphatic rings. The normalized spacial score (nSPS) is 16.3. The molecular formula is C22H21F2N3O3. The van der Waals surface area contributed by atoms with Gasteiger partial charge in [0.15, 0.2) is 0 Å². The number of carbonyl (C=O) groups excluding carboxylic acids is 1. The predicted molar refractivity (Wildman–Crippen MR) is 106 cm³/mol. The molecule has 1 aliphatic heterocycles. The Morgan fingerprint density at radius 3 is 2.60 bits per heavy atom. The summed E-state index contributed by atoms with van der Waals surface area (Å²) < 4.78 is 38.0. The van der Waals surface area contributed by atoms with Crippen molar-refractivity contribution in [3.8, 4) is 17.1 Å². The maximum atomic E-state index is 13.5. The molecule has 1 amide bonds. The summed E-state index contributed by atoms with van der Waals surface area (Å²) in [6.45, 7) is 2.99.